The average molecular weight is 209 g/mol. The van der Waals surface area contributed by atoms with E-state index in [-0.39, 0.29) is 6.04 Å². The molecule has 0 amide bonds. The number of likely N-dealkylation sites (N-methyl/N-ethyl adjacent to an activating group) is 1. The molecular formula is C11H19N3O. The van der Waals surface area contributed by atoms with Crippen LogP contribution >= 0.6 is 0 Å². The molecule has 0 saturated carbocycles. The van der Waals surface area contributed by atoms with Crippen LogP contribution in [-0.2, 0) is 0 Å². The first-order valence-electron chi connectivity index (χ1n) is 5.21. The van der Waals surface area contributed by atoms with Gasteiger partial charge in [-0.05, 0) is 19.9 Å². The second-order valence-corrected chi connectivity index (χ2v) is 3.46. The van der Waals surface area contributed by atoms with E-state index in [2.05, 4.69) is 11.9 Å². The van der Waals surface area contributed by atoms with E-state index >= 15 is 0 Å². The third kappa shape index (κ3) is 3.09. The van der Waals surface area contributed by atoms with Crippen molar-refractivity contribution in [3.05, 3.63) is 18.2 Å². The summed E-state index contributed by atoms with van der Waals surface area (Å²) in [6, 6.07) is 6.02. The van der Waals surface area contributed by atoms with Crippen molar-refractivity contribution in [3.63, 3.8) is 0 Å². The SMILES string of the molecule is CCOc1cccc(N(C)C(C)CN)n1. The van der Waals surface area contributed by atoms with Gasteiger partial charge in [0.1, 0.15) is 5.82 Å². The van der Waals surface area contributed by atoms with Crippen molar-refractivity contribution in [2.75, 3.05) is 25.1 Å². The minimum absolute atomic E-state index is 0.273. The van der Waals surface area contributed by atoms with E-state index in [1.807, 2.05) is 37.1 Å². The highest BCUT2D eigenvalue weighted by molar-refractivity contribution is 5.40. The summed E-state index contributed by atoms with van der Waals surface area (Å²) in [4.78, 5) is 6.42. The van der Waals surface area contributed by atoms with Gasteiger partial charge in [0.25, 0.3) is 0 Å². The topological polar surface area (TPSA) is 51.4 Å². The van der Waals surface area contributed by atoms with E-state index in [0.717, 1.165) is 5.82 Å². The predicted molar refractivity (Wildman–Crippen MR) is 62.3 cm³/mol. The van der Waals surface area contributed by atoms with Crippen LogP contribution in [0.3, 0.4) is 0 Å². The molecule has 0 aliphatic heterocycles. The second kappa shape index (κ2) is 5.56. The fourth-order valence-corrected chi connectivity index (χ4v) is 1.21. The molecule has 0 aliphatic carbocycles. The summed E-state index contributed by atoms with van der Waals surface area (Å²) >= 11 is 0. The lowest BCUT2D eigenvalue weighted by Crippen LogP contribution is -2.35. The van der Waals surface area contributed by atoms with Gasteiger partial charge in [-0.1, -0.05) is 6.07 Å². The molecule has 1 aromatic heterocycles. The Kier molecular flexibility index (Phi) is 4.37. The molecule has 0 saturated heterocycles. The van der Waals surface area contributed by atoms with Crippen molar-refractivity contribution >= 4 is 5.82 Å². The first kappa shape index (κ1) is 11.8. The summed E-state index contributed by atoms with van der Waals surface area (Å²) in [6.45, 7) is 5.25. The average Bonchev–Trinajstić information content (AvgIpc) is 2.28. The number of nitrogens with two attached hydrogens (primary N) is 1. The van der Waals surface area contributed by atoms with Crippen LogP contribution in [0.1, 0.15) is 13.8 Å². The molecule has 84 valence electrons. The van der Waals surface area contributed by atoms with Gasteiger partial charge >= 0.3 is 0 Å². The highest BCUT2D eigenvalue weighted by atomic mass is 16.5. The fourth-order valence-electron chi connectivity index (χ4n) is 1.21. The Morgan fingerprint density at radius 2 is 2.27 bits per heavy atom. The largest absolute Gasteiger partial charge is 0.478 e. The number of hydrogen-bond donors (Lipinski definition) is 1. The highest BCUT2D eigenvalue weighted by Crippen LogP contribution is 2.16. The summed E-state index contributed by atoms with van der Waals surface area (Å²) in [6.07, 6.45) is 0. The van der Waals surface area contributed by atoms with Gasteiger partial charge in [-0.3, -0.25) is 0 Å². The van der Waals surface area contributed by atoms with Gasteiger partial charge < -0.3 is 15.4 Å². The van der Waals surface area contributed by atoms with Crippen LogP contribution in [0, 0.1) is 0 Å². The molecule has 1 aromatic rings. The molecule has 0 aliphatic rings. The quantitative estimate of drug-likeness (QED) is 0.793. The first-order valence-corrected chi connectivity index (χ1v) is 5.21. The normalized spacial score (nSPS) is 12.3. The lowest BCUT2D eigenvalue weighted by atomic mass is 10.3. The van der Waals surface area contributed by atoms with Crippen LogP contribution in [0.15, 0.2) is 18.2 Å². The van der Waals surface area contributed by atoms with Crippen LogP contribution in [0.25, 0.3) is 0 Å². The molecule has 1 rings (SSSR count). The number of anilines is 1. The summed E-state index contributed by atoms with van der Waals surface area (Å²) in [5, 5.41) is 0. The van der Waals surface area contributed by atoms with Crippen LogP contribution < -0.4 is 15.4 Å². The Morgan fingerprint density at radius 3 is 2.87 bits per heavy atom. The summed E-state index contributed by atoms with van der Waals surface area (Å²) in [5.41, 5.74) is 5.61. The Balaban J connectivity index is 2.80. The van der Waals surface area contributed by atoms with Gasteiger partial charge in [-0.25, -0.2) is 0 Å². The van der Waals surface area contributed by atoms with Crippen molar-refractivity contribution < 1.29 is 4.74 Å². The van der Waals surface area contributed by atoms with E-state index in [1.54, 1.807) is 0 Å². The molecule has 4 heteroatoms. The molecule has 0 bridgehead atoms. The third-order valence-electron chi connectivity index (χ3n) is 2.36. The number of pyridine rings is 1. The van der Waals surface area contributed by atoms with Crippen molar-refractivity contribution in [1.82, 2.24) is 4.98 Å². The predicted octanol–water partition coefficient (Wildman–Crippen LogP) is 1.26. The maximum absolute atomic E-state index is 5.61. The van der Waals surface area contributed by atoms with Crippen molar-refractivity contribution in [2.45, 2.75) is 19.9 Å². The number of rotatable bonds is 5. The van der Waals surface area contributed by atoms with Gasteiger partial charge in [0.15, 0.2) is 0 Å². The Hall–Kier alpha value is -1.29. The zero-order valence-electron chi connectivity index (χ0n) is 9.60. The maximum atomic E-state index is 5.61. The molecule has 2 N–H and O–H groups in total. The van der Waals surface area contributed by atoms with Crippen LogP contribution in [0.2, 0.25) is 0 Å². The standard InChI is InChI=1S/C11H19N3O/c1-4-15-11-7-5-6-10(13-11)14(3)9(2)8-12/h5-7,9H,4,8,12H2,1-3H3. The van der Waals surface area contributed by atoms with Gasteiger partial charge in [0.2, 0.25) is 5.88 Å². The molecular weight excluding hydrogens is 190 g/mol. The molecule has 4 nitrogen and oxygen atoms in total. The van der Waals surface area contributed by atoms with Gasteiger partial charge in [-0.15, -0.1) is 0 Å². The van der Waals surface area contributed by atoms with Crippen LogP contribution in [0.5, 0.6) is 5.88 Å². The minimum Gasteiger partial charge on any atom is -0.478 e. The molecule has 1 unspecified atom stereocenters. The monoisotopic (exact) mass is 209 g/mol. The summed E-state index contributed by atoms with van der Waals surface area (Å²) in [5.74, 6) is 1.55. The van der Waals surface area contributed by atoms with E-state index in [1.165, 1.54) is 0 Å². The second-order valence-electron chi connectivity index (χ2n) is 3.46. The number of nitrogens with zero attached hydrogens (tertiary/aromatic N) is 2. The van der Waals surface area contributed by atoms with Crippen molar-refractivity contribution in [2.24, 2.45) is 5.73 Å². The molecule has 1 heterocycles. The third-order valence-corrected chi connectivity index (χ3v) is 2.36. The molecule has 1 atom stereocenters. The van der Waals surface area contributed by atoms with Crippen molar-refractivity contribution in [1.29, 1.82) is 0 Å². The van der Waals surface area contributed by atoms with E-state index < -0.39 is 0 Å². The maximum Gasteiger partial charge on any atom is 0.215 e. The number of hydrogen-bond acceptors (Lipinski definition) is 4. The zero-order chi connectivity index (χ0) is 11.3. The molecule has 0 spiro atoms. The first-order chi connectivity index (χ1) is 7.19. The lowest BCUT2D eigenvalue weighted by Gasteiger charge is -2.24. The van der Waals surface area contributed by atoms with Crippen LogP contribution in [-0.4, -0.2) is 31.2 Å². The van der Waals surface area contributed by atoms with Gasteiger partial charge in [0.05, 0.1) is 6.61 Å². The van der Waals surface area contributed by atoms with E-state index in [0.29, 0.717) is 19.0 Å². The Labute approximate surface area is 91.1 Å². The number of ether oxygens (including phenoxy) is 1. The zero-order valence-corrected chi connectivity index (χ0v) is 9.60. The molecule has 15 heavy (non-hydrogen) atoms. The fraction of sp³-hybridized carbons (Fsp3) is 0.545. The van der Waals surface area contributed by atoms with Crippen molar-refractivity contribution in [3.8, 4) is 5.88 Å². The molecule has 0 fully saturated rings. The molecule has 0 radical (unpaired) electrons. The smallest absolute Gasteiger partial charge is 0.215 e. The Morgan fingerprint density at radius 1 is 1.53 bits per heavy atom. The lowest BCUT2D eigenvalue weighted by molar-refractivity contribution is 0.327. The van der Waals surface area contributed by atoms with E-state index in [4.69, 9.17) is 10.5 Å². The number of aromatic nitrogens is 1. The Bertz CT molecular complexity index is 304. The summed E-state index contributed by atoms with van der Waals surface area (Å²) in [7, 11) is 1.98. The van der Waals surface area contributed by atoms with Crippen LogP contribution in [0.4, 0.5) is 5.82 Å². The minimum atomic E-state index is 0.273. The summed E-state index contributed by atoms with van der Waals surface area (Å²) < 4.78 is 5.34. The highest BCUT2D eigenvalue weighted by Gasteiger charge is 2.09. The van der Waals surface area contributed by atoms with E-state index in [9.17, 15) is 0 Å². The van der Waals surface area contributed by atoms with Gasteiger partial charge in [-0.2, -0.15) is 4.98 Å². The van der Waals surface area contributed by atoms with Gasteiger partial charge in [0, 0.05) is 25.7 Å². The molecule has 0 aromatic carbocycles.